The second-order valence-electron chi connectivity index (χ2n) is 8.97. The zero-order valence-electron chi connectivity index (χ0n) is 14.2. The van der Waals surface area contributed by atoms with Crippen LogP contribution in [0.2, 0.25) is 0 Å². The highest BCUT2D eigenvalue weighted by Gasteiger charge is 2.36. The molecule has 1 saturated heterocycles. The van der Waals surface area contributed by atoms with E-state index in [1.165, 1.54) is 25.9 Å². The molecule has 1 aliphatic carbocycles. The van der Waals surface area contributed by atoms with Gasteiger partial charge in [0, 0.05) is 18.9 Å². The van der Waals surface area contributed by atoms with Gasteiger partial charge in [-0.3, -0.25) is 4.79 Å². The van der Waals surface area contributed by atoms with Gasteiger partial charge in [-0.1, -0.05) is 34.6 Å². The van der Waals surface area contributed by atoms with E-state index in [0.717, 1.165) is 31.7 Å². The van der Waals surface area contributed by atoms with Crippen molar-refractivity contribution in [2.24, 2.45) is 22.7 Å². The number of nitrogens with zero attached hydrogens (tertiary/aromatic N) is 1. The average molecular weight is 279 g/mol. The average Bonchev–Trinajstić information content (AvgIpc) is 2.33. The Labute approximate surface area is 125 Å². The molecule has 0 aromatic rings. The number of piperidine rings is 1. The molecule has 20 heavy (non-hydrogen) atoms. The van der Waals surface area contributed by atoms with Crippen molar-refractivity contribution in [1.82, 2.24) is 4.90 Å². The van der Waals surface area contributed by atoms with Gasteiger partial charge < -0.3 is 4.90 Å². The lowest BCUT2D eigenvalue weighted by Gasteiger charge is -2.41. The van der Waals surface area contributed by atoms with Gasteiger partial charge in [-0.05, 0) is 55.5 Å². The van der Waals surface area contributed by atoms with Gasteiger partial charge in [0.2, 0.25) is 0 Å². The summed E-state index contributed by atoms with van der Waals surface area (Å²) in [6.45, 7) is 15.1. The number of hydrogen-bond donors (Lipinski definition) is 0. The van der Waals surface area contributed by atoms with E-state index in [2.05, 4.69) is 39.5 Å². The summed E-state index contributed by atoms with van der Waals surface area (Å²) in [5, 5.41) is 0. The fraction of sp³-hybridized carbons (Fsp3) is 0.944. The molecule has 1 aliphatic heterocycles. The van der Waals surface area contributed by atoms with Crippen molar-refractivity contribution in [2.75, 3.05) is 19.6 Å². The number of hydrogen-bond acceptors (Lipinski definition) is 2. The van der Waals surface area contributed by atoms with Crippen molar-refractivity contribution in [3.05, 3.63) is 0 Å². The van der Waals surface area contributed by atoms with Crippen molar-refractivity contribution in [1.29, 1.82) is 0 Å². The van der Waals surface area contributed by atoms with Crippen LogP contribution in [0, 0.1) is 22.7 Å². The van der Waals surface area contributed by atoms with E-state index in [4.69, 9.17) is 0 Å². The Morgan fingerprint density at radius 2 is 1.80 bits per heavy atom. The number of likely N-dealkylation sites (tertiary alicyclic amines) is 1. The third-order valence-corrected chi connectivity index (χ3v) is 5.59. The first-order chi connectivity index (χ1) is 9.17. The second kappa shape index (κ2) is 5.79. The maximum Gasteiger partial charge on any atom is 0.137 e. The highest BCUT2D eigenvalue weighted by atomic mass is 16.1. The predicted molar refractivity (Wildman–Crippen MR) is 84.7 cm³/mol. The van der Waals surface area contributed by atoms with Gasteiger partial charge >= 0.3 is 0 Å². The second-order valence-corrected chi connectivity index (χ2v) is 8.97. The van der Waals surface area contributed by atoms with Gasteiger partial charge in [0.05, 0.1) is 0 Å². The maximum absolute atomic E-state index is 12.2. The lowest BCUT2D eigenvalue weighted by molar-refractivity contribution is -0.128. The highest BCUT2D eigenvalue weighted by Crippen LogP contribution is 2.38. The van der Waals surface area contributed by atoms with Gasteiger partial charge in [-0.15, -0.1) is 0 Å². The van der Waals surface area contributed by atoms with Gasteiger partial charge in [-0.25, -0.2) is 0 Å². The molecule has 0 aromatic heterocycles. The predicted octanol–water partition coefficient (Wildman–Crippen LogP) is 4.14. The van der Waals surface area contributed by atoms with Crippen LogP contribution < -0.4 is 0 Å². The van der Waals surface area contributed by atoms with Crippen molar-refractivity contribution < 1.29 is 4.79 Å². The molecule has 2 nitrogen and oxygen atoms in total. The molecular weight excluding hydrogens is 246 g/mol. The van der Waals surface area contributed by atoms with Crippen molar-refractivity contribution in [3.8, 4) is 0 Å². The van der Waals surface area contributed by atoms with Crippen molar-refractivity contribution in [2.45, 2.75) is 66.7 Å². The monoisotopic (exact) mass is 279 g/mol. The summed E-state index contributed by atoms with van der Waals surface area (Å²) in [5.74, 6) is 1.66. The number of rotatable bonds is 2. The molecule has 2 fully saturated rings. The van der Waals surface area contributed by atoms with Crippen LogP contribution in [0.25, 0.3) is 0 Å². The van der Waals surface area contributed by atoms with Crippen LogP contribution >= 0.6 is 0 Å². The Hall–Kier alpha value is -0.370. The fourth-order valence-electron chi connectivity index (χ4n) is 4.01. The summed E-state index contributed by atoms with van der Waals surface area (Å²) in [6, 6.07) is 0. The molecule has 0 aromatic carbocycles. The molecule has 0 N–H and O–H groups in total. The molecule has 116 valence electrons. The zero-order chi connectivity index (χ0) is 15.0. The molecule has 1 unspecified atom stereocenters. The molecule has 2 rings (SSSR count). The van der Waals surface area contributed by atoms with Crippen LogP contribution in [0.1, 0.15) is 66.7 Å². The summed E-state index contributed by atoms with van der Waals surface area (Å²) < 4.78 is 0. The minimum Gasteiger partial charge on any atom is -0.303 e. The molecule has 0 bridgehead atoms. The molecule has 1 saturated carbocycles. The van der Waals surface area contributed by atoms with Gasteiger partial charge in [0.25, 0.3) is 0 Å². The van der Waals surface area contributed by atoms with Gasteiger partial charge in [0.15, 0.2) is 0 Å². The van der Waals surface area contributed by atoms with Crippen LogP contribution in [0.4, 0.5) is 0 Å². The third-order valence-electron chi connectivity index (χ3n) is 5.59. The lowest BCUT2D eigenvalue weighted by Crippen LogP contribution is -2.43. The first kappa shape index (κ1) is 16.0. The highest BCUT2D eigenvalue weighted by molar-refractivity contribution is 5.82. The third kappa shape index (κ3) is 4.07. The lowest BCUT2D eigenvalue weighted by atomic mass is 9.71. The molecule has 2 heteroatoms. The topological polar surface area (TPSA) is 20.3 Å². The standard InChI is InChI=1S/C18H33NO/c1-17(2,3)15-7-10-19(11-8-15)13-14-12-18(4,5)9-6-16(14)20/h14-15H,6-13H2,1-5H3. The van der Waals surface area contributed by atoms with Crippen LogP contribution in [-0.4, -0.2) is 30.3 Å². The molecule has 0 radical (unpaired) electrons. The van der Waals surface area contributed by atoms with Crippen molar-refractivity contribution in [3.63, 3.8) is 0 Å². The van der Waals surface area contributed by atoms with Gasteiger partial charge in [0.1, 0.15) is 5.78 Å². The summed E-state index contributed by atoms with van der Waals surface area (Å²) in [5.41, 5.74) is 0.803. The minimum absolute atomic E-state index is 0.296. The van der Waals surface area contributed by atoms with E-state index in [-0.39, 0.29) is 0 Å². The van der Waals surface area contributed by atoms with E-state index in [1.54, 1.807) is 0 Å². The van der Waals surface area contributed by atoms with Crippen LogP contribution in [-0.2, 0) is 4.79 Å². The Morgan fingerprint density at radius 1 is 1.20 bits per heavy atom. The largest absolute Gasteiger partial charge is 0.303 e. The summed E-state index contributed by atoms with van der Waals surface area (Å²) >= 11 is 0. The van der Waals surface area contributed by atoms with E-state index in [0.29, 0.717) is 22.5 Å². The van der Waals surface area contributed by atoms with E-state index in [9.17, 15) is 4.79 Å². The molecule has 0 spiro atoms. The summed E-state index contributed by atoms with van der Waals surface area (Å²) in [4.78, 5) is 14.7. The van der Waals surface area contributed by atoms with Crippen LogP contribution in [0.15, 0.2) is 0 Å². The Morgan fingerprint density at radius 3 is 2.35 bits per heavy atom. The number of ketones is 1. The number of carbonyl (C=O) groups excluding carboxylic acids is 1. The molecule has 1 atom stereocenters. The molecule has 1 heterocycles. The quantitative estimate of drug-likeness (QED) is 0.757. The van der Waals surface area contributed by atoms with Crippen LogP contribution in [0.5, 0.6) is 0 Å². The van der Waals surface area contributed by atoms with Gasteiger partial charge in [-0.2, -0.15) is 0 Å². The van der Waals surface area contributed by atoms with Crippen LogP contribution in [0.3, 0.4) is 0 Å². The first-order valence-electron chi connectivity index (χ1n) is 8.42. The fourth-order valence-corrected chi connectivity index (χ4v) is 4.01. The normalized spacial score (nSPS) is 29.6. The number of Topliss-reactive ketones (excluding diaryl/α,β-unsaturated/α-hetero) is 1. The smallest absolute Gasteiger partial charge is 0.137 e. The first-order valence-corrected chi connectivity index (χ1v) is 8.42. The van der Waals surface area contributed by atoms with E-state index >= 15 is 0 Å². The summed E-state index contributed by atoms with van der Waals surface area (Å²) in [7, 11) is 0. The zero-order valence-corrected chi connectivity index (χ0v) is 14.2. The Balaban J connectivity index is 1.84. The molecule has 2 aliphatic rings. The Bertz CT molecular complexity index is 345. The SMILES string of the molecule is CC1(C)CCC(=O)C(CN2CCC(C(C)(C)C)CC2)C1. The molecule has 0 amide bonds. The Kier molecular flexibility index (Phi) is 4.63. The van der Waals surface area contributed by atoms with E-state index in [1.807, 2.05) is 0 Å². The minimum atomic E-state index is 0.296. The molecular formula is C18H33NO. The van der Waals surface area contributed by atoms with Crippen molar-refractivity contribution >= 4 is 5.78 Å². The van der Waals surface area contributed by atoms with E-state index < -0.39 is 0 Å². The maximum atomic E-state index is 12.2. The summed E-state index contributed by atoms with van der Waals surface area (Å²) in [6.07, 6.45) is 5.57. The number of carbonyl (C=O) groups is 1.